The Morgan fingerprint density at radius 3 is 2.93 bits per heavy atom. The Morgan fingerprint density at radius 2 is 2.21 bits per heavy atom. The largest absolute Gasteiger partial charge is 0.392 e. The first-order valence-electron chi connectivity index (χ1n) is 9.20. The summed E-state index contributed by atoms with van der Waals surface area (Å²) in [5, 5.41) is 13.9. The monoisotopic (exact) mass is 374 g/mol. The highest BCUT2D eigenvalue weighted by atomic mass is 16.3. The summed E-state index contributed by atoms with van der Waals surface area (Å²) in [7, 11) is 0. The number of nitrogens with zero attached hydrogens (tertiary/aromatic N) is 2. The zero-order valence-corrected chi connectivity index (χ0v) is 15.6. The smallest absolute Gasteiger partial charge is 0.229 e. The number of amides is 1. The maximum Gasteiger partial charge on any atom is 0.229 e. The van der Waals surface area contributed by atoms with E-state index < -0.39 is 0 Å². The lowest BCUT2D eigenvalue weighted by molar-refractivity contribution is -0.117. The lowest BCUT2D eigenvalue weighted by Crippen LogP contribution is -2.15. The number of aryl methyl sites for hydroxylation is 1. The molecule has 2 atom stereocenters. The number of hydrogen-bond donors (Lipinski definition) is 3. The third-order valence-corrected chi connectivity index (χ3v) is 5.24. The van der Waals surface area contributed by atoms with Crippen LogP contribution in [0.3, 0.4) is 0 Å². The predicted octanol–water partition coefficient (Wildman–Crippen LogP) is 3.44. The summed E-state index contributed by atoms with van der Waals surface area (Å²) in [5.41, 5.74) is 9.64. The van der Waals surface area contributed by atoms with E-state index in [0.717, 1.165) is 39.6 Å². The van der Waals surface area contributed by atoms with Gasteiger partial charge in [-0.25, -0.2) is 9.97 Å². The standard InChI is InChI=1S/C22H22N4O2/c1-3-14-7-17(14)22(28)26-20-9-15-8-19(25-21(23)18(15)10-24-20)16-6-13(11-27)5-4-12(16)2/h3-6,8-10,14,17,27H,1,7,11H2,2H3,(H2,23,25)(H,24,26,28)/t14-,17-/m0/s1. The molecule has 28 heavy (non-hydrogen) atoms. The van der Waals surface area contributed by atoms with Crippen molar-refractivity contribution in [3.05, 3.63) is 60.3 Å². The highest BCUT2D eigenvalue weighted by molar-refractivity contribution is 5.98. The molecule has 1 saturated carbocycles. The molecule has 6 heteroatoms. The molecule has 3 aromatic rings. The van der Waals surface area contributed by atoms with Gasteiger partial charge in [0.2, 0.25) is 5.91 Å². The summed E-state index contributed by atoms with van der Waals surface area (Å²) in [6.07, 6.45) is 4.29. The minimum absolute atomic E-state index is 0.0167. The van der Waals surface area contributed by atoms with Gasteiger partial charge in [0.25, 0.3) is 0 Å². The fraction of sp³-hybridized carbons (Fsp3) is 0.227. The predicted molar refractivity (Wildman–Crippen MR) is 110 cm³/mol. The summed E-state index contributed by atoms with van der Waals surface area (Å²) < 4.78 is 0. The van der Waals surface area contributed by atoms with Crippen molar-refractivity contribution in [3.63, 3.8) is 0 Å². The Bertz CT molecular complexity index is 1090. The van der Waals surface area contributed by atoms with Crippen molar-refractivity contribution in [1.29, 1.82) is 0 Å². The van der Waals surface area contributed by atoms with Crippen LogP contribution in [-0.2, 0) is 11.4 Å². The van der Waals surface area contributed by atoms with Crippen LogP contribution in [0.4, 0.5) is 11.6 Å². The number of hydrogen-bond acceptors (Lipinski definition) is 5. The number of fused-ring (bicyclic) bond motifs is 1. The Labute approximate surface area is 163 Å². The summed E-state index contributed by atoms with van der Waals surface area (Å²) in [5.74, 6) is 1.07. The number of aromatic nitrogens is 2. The normalized spacial score (nSPS) is 18.1. The fourth-order valence-corrected chi connectivity index (χ4v) is 3.42. The number of benzene rings is 1. The SMILES string of the molecule is C=C[C@H]1C[C@@H]1C(=O)Nc1cc2cc(-c3cc(CO)ccc3C)nc(N)c2cn1. The van der Waals surface area contributed by atoms with Crippen molar-refractivity contribution in [2.75, 3.05) is 11.1 Å². The number of pyridine rings is 2. The molecule has 0 unspecified atom stereocenters. The van der Waals surface area contributed by atoms with Crippen molar-refractivity contribution in [2.24, 2.45) is 11.8 Å². The van der Waals surface area contributed by atoms with Crippen molar-refractivity contribution in [2.45, 2.75) is 20.0 Å². The average molecular weight is 374 g/mol. The first-order chi connectivity index (χ1) is 13.5. The second-order valence-electron chi connectivity index (χ2n) is 7.22. The van der Waals surface area contributed by atoms with Crippen LogP contribution >= 0.6 is 0 Å². The lowest BCUT2D eigenvalue weighted by atomic mass is 10.0. The molecule has 4 rings (SSSR count). The number of allylic oxidation sites excluding steroid dienone is 1. The molecule has 1 amide bonds. The summed E-state index contributed by atoms with van der Waals surface area (Å²) in [6.45, 7) is 5.69. The summed E-state index contributed by atoms with van der Waals surface area (Å²) >= 11 is 0. The van der Waals surface area contributed by atoms with E-state index in [0.29, 0.717) is 11.6 Å². The number of carbonyl (C=O) groups is 1. The third-order valence-electron chi connectivity index (χ3n) is 5.24. The van der Waals surface area contributed by atoms with E-state index in [4.69, 9.17) is 5.73 Å². The van der Waals surface area contributed by atoms with Gasteiger partial charge in [-0.05, 0) is 54.0 Å². The van der Waals surface area contributed by atoms with E-state index >= 15 is 0 Å². The van der Waals surface area contributed by atoms with Gasteiger partial charge < -0.3 is 16.2 Å². The fourth-order valence-electron chi connectivity index (χ4n) is 3.42. The van der Waals surface area contributed by atoms with Gasteiger partial charge in [-0.15, -0.1) is 6.58 Å². The highest BCUT2D eigenvalue weighted by Crippen LogP contribution is 2.40. The minimum Gasteiger partial charge on any atom is -0.392 e. The minimum atomic E-state index is -0.0384. The van der Waals surface area contributed by atoms with Crippen molar-refractivity contribution in [3.8, 4) is 11.3 Å². The zero-order chi connectivity index (χ0) is 19.8. The number of rotatable bonds is 5. The zero-order valence-electron chi connectivity index (χ0n) is 15.6. The lowest BCUT2D eigenvalue weighted by Gasteiger charge is -2.11. The van der Waals surface area contributed by atoms with Crippen LogP contribution in [0.5, 0.6) is 0 Å². The van der Waals surface area contributed by atoms with Gasteiger partial charge in [-0.2, -0.15) is 0 Å². The number of anilines is 2. The Morgan fingerprint density at radius 1 is 1.39 bits per heavy atom. The van der Waals surface area contributed by atoms with Gasteiger partial charge in [-0.3, -0.25) is 4.79 Å². The van der Waals surface area contributed by atoms with Gasteiger partial charge in [-0.1, -0.05) is 18.2 Å². The molecule has 2 heterocycles. The molecule has 0 aliphatic heterocycles. The van der Waals surface area contributed by atoms with Gasteiger partial charge >= 0.3 is 0 Å². The Kier molecular flexibility index (Phi) is 4.57. The third kappa shape index (κ3) is 3.34. The molecule has 1 aromatic carbocycles. The maximum absolute atomic E-state index is 12.3. The molecule has 4 N–H and O–H groups in total. The van der Waals surface area contributed by atoms with E-state index in [1.54, 1.807) is 6.20 Å². The van der Waals surface area contributed by atoms with Crippen molar-refractivity contribution in [1.82, 2.24) is 9.97 Å². The molecule has 0 radical (unpaired) electrons. The van der Waals surface area contributed by atoms with Gasteiger partial charge in [0.05, 0.1) is 12.3 Å². The van der Waals surface area contributed by atoms with Gasteiger partial charge in [0, 0.05) is 23.1 Å². The van der Waals surface area contributed by atoms with Crippen LogP contribution < -0.4 is 11.1 Å². The molecular weight excluding hydrogens is 352 g/mol. The molecule has 0 bridgehead atoms. The average Bonchev–Trinajstić information content (AvgIpc) is 3.48. The molecule has 0 spiro atoms. The number of carbonyl (C=O) groups excluding carboxylic acids is 1. The van der Waals surface area contributed by atoms with Crippen LogP contribution in [0.25, 0.3) is 22.0 Å². The van der Waals surface area contributed by atoms with Crippen molar-refractivity contribution < 1.29 is 9.90 Å². The highest BCUT2D eigenvalue weighted by Gasteiger charge is 2.40. The molecule has 1 aliphatic carbocycles. The van der Waals surface area contributed by atoms with Crippen LogP contribution in [0.1, 0.15) is 17.5 Å². The number of nitrogens with one attached hydrogen (secondary N) is 1. The second kappa shape index (κ2) is 7.05. The molecule has 1 aliphatic rings. The molecule has 1 fully saturated rings. The summed E-state index contributed by atoms with van der Waals surface area (Å²) in [6, 6.07) is 9.48. The topological polar surface area (TPSA) is 101 Å². The number of nitrogens with two attached hydrogens (primary N) is 1. The summed E-state index contributed by atoms with van der Waals surface area (Å²) in [4.78, 5) is 21.1. The first-order valence-corrected chi connectivity index (χ1v) is 9.20. The first kappa shape index (κ1) is 18.1. The van der Waals surface area contributed by atoms with Crippen LogP contribution in [0, 0.1) is 18.8 Å². The second-order valence-corrected chi connectivity index (χ2v) is 7.22. The molecule has 6 nitrogen and oxygen atoms in total. The number of aliphatic hydroxyl groups is 1. The number of nitrogen functional groups attached to an aromatic ring is 1. The molecule has 2 aromatic heterocycles. The van der Waals surface area contributed by atoms with Crippen LogP contribution in [-0.4, -0.2) is 21.0 Å². The van der Waals surface area contributed by atoms with E-state index in [1.165, 1.54) is 0 Å². The van der Waals surface area contributed by atoms with E-state index in [1.807, 2.05) is 43.3 Å². The molecule has 0 saturated heterocycles. The van der Waals surface area contributed by atoms with Gasteiger partial charge in [0.15, 0.2) is 0 Å². The molecular formula is C22H22N4O2. The maximum atomic E-state index is 12.3. The Hall–Kier alpha value is -3.25. The Balaban J connectivity index is 1.71. The van der Waals surface area contributed by atoms with Crippen LogP contribution in [0.15, 0.2) is 49.2 Å². The van der Waals surface area contributed by atoms with E-state index in [-0.39, 0.29) is 24.3 Å². The number of aliphatic hydroxyl groups excluding tert-OH is 1. The van der Waals surface area contributed by atoms with Crippen molar-refractivity contribution >= 4 is 28.3 Å². The van der Waals surface area contributed by atoms with E-state index in [9.17, 15) is 9.90 Å². The van der Waals surface area contributed by atoms with Gasteiger partial charge in [0.1, 0.15) is 11.6 Å². The quantitative estimate of drug-likeness (QED) is 0.594. The van der Waals surface area contributed by atoms with E-state index in [2.05, 4.69) is 21.9 Å². The van der Waals surface area contributed by atoms with Crippen LogP contribution in [0.2, 0.25) is 0 Å². The molecule has 142 valence electrons.